The molecule has 156 valence electrons. The molecule has 30 heavy (non-hydrogen) atoms. The Morgan fingerprint density at radius 1 is 0.900 bits per heavy atom. The molecule has 0 spiro atoms. The zero-order valence-electron chi connectivity index (χ0n) is 15.6. The number of nitro groups is 1. The van der Waals surface area contributed by atoms with Crippen LogP contribution in [0.15, 0.2) is 71.1 Å². The van der Waals surface area contributed by atoms with E-state index in [4.69, 9.17) is 27.8 Å². The van der Waals surface area contributed by atoms with Gasteiger partial charge in [0.05, 0.1) is 18.7 Å². The molecule has 10 heteroatoms. The van der Waals surface area contributed by atoms with E-state index in [2.05, 4.69) is 0 Å². The number of hydrogen-bond acceptors (Lipinski definition) is 7. The normalized spacial score (nSPS) is 11.0. The van der Waals surface area contributed by atoms with Crippen LogP contribution in [0, 0.1) is 20.4 Å². The van der Waals surface area contributed by atoms with Crippen molar-refractivity contribution in [2.45, 2.75) is 0 Å². The minimum Gasteiger partial charge on any atom is -0.497 e. The molecule has 0 radical (unpaired) electrons. The Hall–Kier alpha value is -3.34. The minimum atomic E-state index is -4.94. The Morgan fingerprint density at radius 2 is 1.47 bits per heavy atom. The zero-order valence-corrected chi connectivity index (χ0v) is 16.4. The average molecular weight is 434 g/mol. The van der Waals surface area contributed by atoms with Gasteiger partial charge in [0.1, 0.15) is 11.8 Å². The van der Waals surface area contributed by atoms with E-state index in [1.165, 1.54) is 6.07 Å². The quantitative estimate of drug-likeness (QED) is 0.321. The third kappa shape index (κ3) is 7.95. The summed E-state index contributed by atoms with van der Waals surface area (Å²) in [5, 5.41) is 11.2. The lowest BCUT2D eigenvalue weighted by atomic mass is 10.1. The van der Waals surface area contributed by atoms with Gasteiger partial charge in [-0.1, -0.05) is 42.5 Å². The lowest BCUT2D eigenvalue weighted by Crippen LogP contribution is -2.68. The third-order valence-electron chi connectivity index (χ3n) is 3.62. The first kappa shape index (κ1) is 22.9. The van der Waals surface area contributed by atoms with Crippen LogP contribution in [0.2, 0.25) is 0 Å². The summed E-state index contributed by atoms with van der Waals surface area (Å²) in [6.45, 7) is 0. The fourth-order valence-corrected chi connectivity index (χ4v) is 2.35. The van der Waals surface area contributed by atoms with Crippen molar-refractivity contribution in [3.05, 3.63) is 88.0 Å². The largest absolute Gasteiger partial charge is 0.651 e. The van der Waals surface area contributed by atoms with Crippen molar-refractivity contribution in [3.8, 4) is 17.1 Å². The molecule has 0 fully saturated rings. The fraction of sp³-hybridized carbons (Fsp3) is 0.0500. The number of nitrogens with zero attached hydrogens (tertiary/aromatic N) is 1. The van der Waals surface area contributed by atoms with Crippen LogP contribution in [0.25, 0.3) is 23.5 Å². The van der Waals surface area contributed by atoms with Crippen molar-refractivity contribution in [1.29, 1.82) is 0 Å². The van der Waals surface area contributed by atoms with Gasteiger partial charge in [0.25, 0.3) is 0 Å². The van der Waals surface area contributed by atoms with E-state index in [1.807, 2.05) is 66.7 Å². The first-order valence-electron chi connectivity index (χ1n) is 8.27. The molecule has 0 saturated heterocycles. The summed E-state index contributed by atoms with van der Waals surface area (Å²) in [5.41, 5.74) is 2.43. The van der Waals surface area contributed by atoms with Crippen molar-refractivity contribution in [3.63, 3.8) is 0 Å². The van der Waals surface area contributed by atoms with Crippen LogP contribution < -0.4 is 23.4 Å². The van der Waals surface area contributed by atoms with Gasteiger partial charge in [-0.25, -0.2) is 18.6 Å². The van der Waals surface area contributed by atoms with Gasteiger partial charge < -0.3 is 4.74 Å². The zero-order chi connectivity index (χ0) is 22.1. The van der Waals surface area contributed by atoms with Crippen LogP contribution in [0.3, 0.4) is 0 Å². The highest BCUT2D eigenvalue weighted by molar-refractivity contribution is 5.72. The number of benzene rings is 2. The summed E-state index contributed by atoms with van der Waals surface area (Å²) in [7, 11) is -3.33. The third-order valence-corrected chi connectivity index (χ3v) is 3.62. The maximum atomic E-state index is 11.2. The molecule has 0 amide bonds. The van der Waals surface area contributed by atoms with E-state index in [0.717, 1.165) is 16.9 Å². The Morgan fingerprint density at radius 3 is 2.00 bits per heavy atom. The standard InChI is InChI=1S/C20H16NO4.ClHO4/c1-24-18-11-9-15(10-12-18)7-8-16-13-19(17-5-3-2-4-6-17)25-20(14-16)21(22)23;2-1(3,4)5/h2-14H,1H3;(H,2,3,4,5)/q+1;/p-1/b8-7+;. The second kappa shape index (κ2) is 10.4. The number of rotatable bonds is 5. The van der Waals surface area contributed by atoms with E-state index < -0.39 is 15.2 Å². The molecule has 0 N–H and O–H groups in total. The van der Waals surface area contributed by atoms with Gasteiger partial charge in [-0.3, -0.25) is 10.1 Å². The molecular weight excluding hydrogens is 418 g/mol. The van der Waals surface area contributed by atoms with Crippen LogP contribution in [-0.2, 0) is 0 Å². The highest BCUT2D eigenvalue weighted by Gasteiger charge is 2.26. The molecule has 0 aliphatic carbocycles. The monoisotopic (exact) mass is 433 g/mol. The molecule has 0 bridgehead atoms. The van der Waals surface area contributed by atoms with Crippen molar-refractivity contribution >= 4 is 18.0 Å². The summed E-state index contributed by atoms with van der Waals surface area (Å²) < 4.78 is 44.5. The number of methoxy groups -OCH3 is 1. The van der Waals surface area contributed by atoms with Gasteiger partial charge >= 0.3 is 11.6 Å². The van der Waals surface area contributed by atoms with E-state index in [1.54, 1.807) is 13.2 Å². The van der Waals surface area contributed by atoms with Crippen molar-refractivity contribution in [2.24, 2.45) is 0 Å². The SMILES string of the molecule is COc1ccc(/C=C/c2cc(-c3ccccc3)[o+]c([N+](=O)[O-])c2)cc1.[O-][Cl+3]([O-])([O-])[O-]. The molecule has 0 saturated carbocycles. The molecule has 0 atom stereocenters. The van der Waals surface area contributed by atoms with Gasteiger partial charge in [-0.05, 0) is 29.8 Å². The minimum absolute atomic E-state index is 0.296. The Kier molecular flexibility index (Phi) is 7.98. The second-order valence-electron chi connectivity index (χ2n) is 5.70. The lowest BCUT2D eigenvalue weighted by molar-refractivity contribution is -2.00. The summed E-state index contributed by atoms with van der Waals surface area (Å²) >= 11 is 0. The highest BCUT2D eigenvalue weighted by Crippen LogP contribution is 2.27. The predicted molar refractivity (Wildman–Crippen MR) is 97.1 cm³/mol. The molecular formula is C20H16ClNO8. The first-order chi connectivity index (χ1) is 14.2. The molecule has 1 aromatic heterocycles. The number of hydrogen-bond donors (Lipinski definition) is 0. The summed E-state index contributed by atoms with van der Waals surface area (Å²) in [5.74, 6) is 0.928. The van der Waals surface area contributed by atoms with Gasteiger partial charge in [0, 0.05) is 5.56 Å². The van der Waals surface area contributed by atoms with E-state index in [-0.39, 0.29) is 5.88 Å². The molecule has 0 aliphatic rings. The van der Waals surface area contributed by atoms with Crippen molar-refractivity contribution in [1.82, 2.24) is 0 Å². The first-order valence-corrected chi connectivity index (χ1v) is 9.51. The lowest BCUT2D eigenvalue weighted by Gasteiger charge is -2.17. The van der Waals surface area contributed by atoms with Crippen LogP contribution in [0.5, 0.6) is 5.75 Å². The molecule has 9 nitrogen and oxygen atoms in total. The fourth-order valence-electron chi connectivity index (χ4n) is 2.35. The summed E-state index contributed by atoms with van der Waals surface area (Å²) in [6, 6.07) is 20.0. The van der Waals surface area contributed by atoms with E-state index >= 15 is 0 Å². The van der Waals surface area contributed by atoms with Gasteiger partial charge in [-0.2, -0.15) is 0 Å². The molecule has 3 rings (SSSR count). The van der Waals surface area contributed by atoms with E-state index in [9.17, 15) is 10.1 Å². The average Bonchev–Trinajstić information content (AvgIpc) is 2.72. The Balaban J connectivity index is 0.000000575. The van der Waals surface area contributed by atoms with Crippen LogP contribution >= 0.6 is 0 Å². The Labute approximate surface area is 173 Å². The molecule has 3 aromatic rings. The molecule has 0 aliphatic heterocycles. The number of ether oxygens (including phenoxy) is 1. The topological polar surface area (TPSA) is 156 Å². The smallest absolute Gasteiger partial charge is 0.497 e. The van der Waals surface area contributed by atoms with Crippen LogP contribution in [0.4, 0.5) is 5.88 Å². The Bertz CT molecular complexity index is 996. The maximum absolute atomic E-state index is 11.2. The van der Waals surface area contributed by atoms with Crippen LogP contribution in [0.1, 0.15) is 11.1 Å². The number of halogens is 1. The van der Waals surface area contributed by atoms with Gasteiger partial charge in [0.2, 0.25) is 0 Å². The molecule has 0 unspecified atom stereocenters. The van der Waals surface area contributed by atoms with Gasteiger partial charge in [0.15, 0.2) is 4.92 Å². The predicted octanol–water partition coefficient (Wildman–Crippen LogP) is 0.559. The molecule has 2 aromatic carbocycles. The maximum Gasteiger partial charge on any atom is 0.651 e. The van der Waals surface area contributed by atoms with Crippen molar-refractivity contribution in [2.75, 3.05) is 7.11 Å². The van der Waals surface area contributed by atoms with Crippen molar-refractivity contribution < 1.29 is 43.0 Å². The van der Waals surface area contributed by atoms with Crippen LogP contribution in [-0.4, -0.2) is 12.0 Å². The summed E-state index contributed by atoms with van der Waals surface area (Å²) in [6.07, 6.45) is 3.70. The molecule has 1 heterocycles. The highest BCUT2D eigenvalue weighted by atomic mass is 35.7. The second-order valence-corrected chi connectivity index (χ2v) is 6.46. The summed E-state index contributed by atoms with van der Waals surface area (Å²) in [4.78, 5) is 10.6. The van der Waals surface area contributed by atoms with E-state index in [0.29, 0.717) is 11.3 Å². The van der Waals surface area contributed by atoms with Gasteiger partial charge in [-0.15, -0.1) is 14.7 Å².